The van der Waals surface area contributed by atoms with E-state index in [0.717, 1.165) is 12.8 Å². The van der Waals surface area contributed by atoms with Crippen molar-refractivity contribution in [2.24, 2.45) is 0 Å². The average molecular weight is 230 g/mol. The minimum atomic E-state index is 0.125. The Kier molecular flexibility index (Phi) is 7.08. The van der Waals surface area contributed by atoms with Crippen LogP contribution in [0, 0.1) is 0 Å². The van der Waals surface area contributed by atoms with Crippen molar-refractivity contribution in [2.75, 3.05) is 6.61 Å². The lowest BCUT2D eigenvalue weighted by Gasteiger charge is -2.15. The van der Waals surface area contributed by atoms with Crippen molar-refractivity contribution in [2.45, 2.75) is 32.3 Å². The Labute approximate surface area is 105 Å². The molecule has 0 aliphatic heterocycles. The van der Waals surface area contributed by atoms with Crippen LogP contribution in [0.1, 0.15) is 37.9 Å². The van der Waals surface area contributed by atoms with Gasteiger partial charge in [-0.05, 0) is 18.4 Å². The molecule has 1 unspecified atom stereocenters. The fourth-order valence-corrected chi connectivity index (χ4v) is 1.64. The molecule has 0 aliphatic carbocycles. The monoisotopic (exact) mass is 230 g/mol. The van der Waals surface area contributed by atoms with Gasteiger partial charge in [0.05, 0.1) is 12.7 Å². The first kappa shape index (κ1) is 13.7. The fourth-order valence-electron chi connectivity index (χ4n) is 1.64. The number of allylic oxidation sites excluding steroid dienone is 1. The standard InChI is InChI=1S/C16H22O/c1-3-5-6-10-14-17-16(11-4-2)15-12-8-7-9-13-15/h4,6-10,12-13,16H,2-3,5,11,14H2,1H3/b10-6+. The molecular formula is C16H22O. The molecule has 17 heavy (non-hydrogen) atoms. The molecule has 0 amide bonds. The Morgan fingerprint density at radius 1 is 1.24 bits per heavy atom. The SMILES string of the molecule is C=CCC(OC/C=C/CCC)c1ccccc1. The number of rotatable bonds is 8. The minimum absolute atomic E-state index is 0.125. The third kappa shape index (κ3) is 5.50. The van der Waals surface area contributed by atoms with Crippen molar-refractivity contribution in [3.05, 3.63) is 60.7 Å². The Bertz CT molecular complexity index is 327. The van der Waals surface area contributed by atoms with Gasteiger partial charge in [-0.3, -0.25) is 0 Å². The largest absolute Gasteiger partial charge is 0.369 e. The summed E-state index contributed by atoms with van der Waals surface area (Å²) in [6.07, 6.45) is 9.48. The molecule has 0 heterocycles. The van der Waals surface area contributed by atoms with E-state index in [9.17, 15) is 0 Å². The smallest absolute Gasteiger partial charge is 0.0863 e. The fraction of sp³-hybridized carbons (Fsp3) is 0.375. The molecule has 1 aromatic rings. The van der Waals surface area contributed by atoms with Crippen LogP contribution in [0.25, 0.3) is 0 Å². The van der Waals surface area contributed by atoms with Crippen molar-refractivity contribution in [3.8, 4) is 0 Å². The summed E-state index contributed by atoms with van der Waals surface area (Å²) >= 11 is 0. The molecule has 0 saturated carbocycles. The first-order valence-electron chi connectivity index (χ1n) is 6.31. The average Bonchev–Trinajstić information content (AvgIpc) is 2.38. The minimum Gasteiger partial charge on any atom is -0.369 e. The van der Waals surface area contributed by atoms with Gasteiger partial charge in [0.15, 0.2) is 0 Å². The van der Waals surface area contributed by atoms with Crippen LogP contribution in [0.15, 0.2) is 55.1 Å². The molecular weight excluding hydrogens is 208 g/mol. The maximum Gasteiger partial charge on any atom is 0.0863 e. The van der Waals surface area contributed by atoms with Gasteiger partial charge in [-0.1, -0.05) is 61.9 Å². The van der Waals surface area contributed by atoms with Crippen LogP contribution >= 0.6 is 0 Å². The third-order valence-corrected chi connectivity index (χ3v) is 2.57. The van der Waals surface area contributed by atoms with Crippen molar-refractivity contribution >= 4 is 0 Å². The Hall–Kier alpha value is -1.34. The Morgan fingerprint density at radius 2 is 2.00 bits per heavy atom. The van der Waals surface area contributed by atoms with Crippen LogP contribution in [0.2, 0.25) is 0 Å². The first-order chi connectivity index (χ1) is 8.38. The predicted octanol–water partition coefficient (Wildman–Crippen LogP) is 4.68. The van der Waals surface area contributed by atoms with Crippen LogP contribution < -0.4 is 0 Å². The van der Waals surface area contributed by atoms with Crippen molar-refractivity contribution in [1.29, 1.82) is 0 Å². The van der Waals surface area contributed by atoms with Crippen LogP contribution in [-0.2, 0) is 4.74 Å². The highest BCUT2D eigenvalue weighted by Gasteiger charge is 2.08. The number of hydrogen-bond donors (Lipinski definition) is 0. The maximum atomic E-state index is 5.86. The molecule has 0 saturated heterocycles. The third-order valence-electron chi connectivity index (χ3n) is 2.57. The quantitative estimate of drug-likeness (QED) is 0.589. The maximum absolute atomic E-state index is 5.86. The topological polar surface area (TPSA) is 9.23 Å². The van der Waals surface area contributed by atoms with E-state index in [1.807, 2.05) is 24.3 Å². The summed E-state index contributed by atoms with van der Waals surface area (Å²) in [6.45, 7) is 6.64. The zero-order valence-electron chi connectivity index (χ0n) is 10.6. The lowest BCUT2D eigenvalue weighted by atomic mass is 10.1. The van der Waals surface area contributed by atoms with E-state index in [2.05, 4.69) is 37.8 Å². The van der Waals surface area contributed by atoms with E-state index in [1.165, 1.54) is 12.0 Å². The second-order valence-corrected chi connectivity index (χ2v) is 4.02. The van der Waals surface area contributed by atoms with E-state index >= 15 is 0 Å². The zero-order chi connectivity index (χ0) is 12.3. The molecule has 0 fully saturated rings. The summed E-state index contributed by atoms with van der Waals surface area (Å²) in [5.41, 5.74) is 1.22. The highest BCUT2D eigenvalue weighted by atomic mass is 16.5. The van der Waals surface area contributed by atoms with Crippen molar-refractivity contribution in [3.63, 3.8) is 0 Å². The number of hydrogen-bond acceptors (Lipinski definition) is 1. The van der Waals surface area contributed by atoms with Crippen LogP contribution in [-0.4, -0.2) is 6.61 Å². The van der Waals surface area contributed by atoms with Crippen LogP contribution in [0.5, 0.6) is 0 Å². The first-order valence-corrected chi connectivity index (χ1v) is 6.31. The van der Waals surface area contributed by atoms with Gasteiger partial charge in [-0.15, -0.1) is 6.58 Å². The van der Waals surface area contributed by atoms with Crippen molar-refractivity contribution in [1.82, 2.24) is 0 Å². The number of ether oxygens (including phenoxy) is 1. The van der Waals surface area contributed by atoms with Gasteiger partial charge in [0.25, 0.3) is 0 Å². The summed E-state index contributed by atoms with van der Waals surface area (Å²) in [5.74, 6) is 0. The van der Waals surface area contributed by atoms with Crippen LogP contribution in [0.4, 0.5) is 0 Å². The van der Waals surface area contributed by atoms with Gasteiger partial charge in [0, 0.05) is 0 Å². The Morgan fingerprint density at radius 3 is 2.65 bits per heavy atom. The van der Waals surface area contributed by atoms with Gasteiger partial charge in [-0.25, -0.2) is 0 Å². The second-order valence-electron chi connectivity index (χ2n) is 4.02. The molecule has 1 atom stereocenters. The number of benzene rings is 1. The van der Waals surface area contributed by atoms with Gasteiger partial charge in [0.1, 0.15) is 0 Å². The second kappa shape index (κ2) is 8.77. The number of unbranched alkanes of at least 4 members (excludes halogenated alkanes) is 1. The molecule has 92 valence electrons. The summed E-state index contributed by atoms with van der Waals surface area (Å²) in [4.78, 5) is 0. The summed E-state index contributed by atoms with van der Waals surface area (Å²) < 4.78 is 5.86. The molecule has 0 aliphatic rings. The molecule has 1 nitrogen and oxygen atoms in total. The van der Waals surface area contributed by atoms with E-state index in [-0.39, 0.29) is 6.10 Å². The molecule has 1 rings (SSSR count). The van der Waals surface area contributed by atoms with Gasteiger partial charge >= 0.3 is 0 Å². The molecule has 1 heteroatoms. The van der Waals surface area contributed by atoms with Crippen molar-refractivity contribution < 1.29 is 4.74 Å². The molecule has 0 bridgehead atoms. The van der Waals surface area contributed by atoms with E-state index < -0.39 is 0 Å². The molecule has 0 N–H and O–H groups in total. The normalized spacial score (nSPS) is 12.8. The predicted molar refractivity (Wildman–Crippen MR) is 74.0 cm³/mol. The van der Waals surface area contributed by atoms with E-state index in [0.29, 0.717) is 6.61 Å². The van der Waals surface area contributed by atoms with E-state index in [4.69, 9.17) is 4.74 Å². The summed E-state index contributed by atoms with van der Waals surface area (Å²) in [6, 6.07) is 10.3. The lowest BCUT2D eigenvalue weighted by Crippen LogP contribution is -2.03. The molecule has 0 spiro atoms. The molecule has 0 aromatic heterocycles. The van der Waals surface area contributed by atoms with Crippen LogP contribution in [0.3, 0.4) is 0 Å². The molecule has 1 aromatic carbocycles. The Balaban J connectivity index is 2.47. The zero-order valence-corrected chi connectivity index (χ0v) is 10.6. The molecule has 0 radical (unpaired) electrons. The summed E-state index contributed by atoms with van der Waals surface area (Å²) in [5, 5.41) is 0. The lowest BCUT2D eigenvalue weighted by molar-refractivity contribution is 0.0764. The summed E-state index contributed by atoms with van der Waals surface area (Å²) in [7, 11) is 0. The van der Waals surface area contributed by atoms with Gasteiger partial charge in [0.2, 0.25) is 0 Å². The highest BCUT2D eigenvalue weighted by Crippen LogP contribution is 2.21. The van der Waals surface area contributed by atoms with E-state index in [1.54, 1.807) is 0 Å². The van der Waals surface area contributed by atoms with Gasteiger partial charge in [-0.2, -0.15) is 0 Å². The highest BCUT2D eigenvalue weighted by molar-refractivity contribution is 5.18. The van der Waals surface area contributed by atoms with Gasteiger partial charge < -0.3 is 4.74 Å².